The highest BCUT2D eigenvalue weighted by Crippen LogP contribution is 2.14. The topological polar surface area (TPSA) is 47.0 Å². The molecule has 0 atom stereocenters. The minimum Gasteiger partial charge on any atom is -0.227 e. The van der Waals surface area contributed by atoms with Gasteiger partial charge in [-0.3, -0.25) is 0 Å². The Balaban J connectivity index is 3.21. The predicted octanol–water partition coefficient (Wildman–Crippen LogP) is 1.11. The smallest absolute Gasteiger partial charge is 0.227 e. The van der Waals surface area contributed by atoms with E-state index in [0.29, 0.717) is 5.01 Å². The number of aryl methyl sites for hydroxylation is 1. The van der Waals surface area contributed by atoms with Crippen molar-refractivity contribution in [1.29, 1.82) is 0 Å². The van der Waals surface area contributed by atoms with Crippen LogP contribution in [0.3, 0.4) is 0 Å². The van der Waals surface area contributed by atoms with Gasteiger partial charge in [-0.15, -0.1) is 11.3 Å². The van der Waals surface area contributed by atoms with E-state index in [1.54, 1.807) is 6.92 Å². The fraction of sp³-hybridized carbons (Fsp3) is 0.250. The zero-order valence-electron chi connectivity index (χ0n) is 5.04. The fourth-order valence-electron chi connectivity index (χ4n) is 0.456. The van der Waals surface area contributed by atoms with E-state index >= 15 is 0 Å². The van der Waals surface area contributed by atoms with E-state index in [-0.39, 0.29) is 0 Å². The Morgan fingerprint density at radius 3 is 2.50 bits per heavy atom. The van der Waals surface area contributed by atoms with Crippen LogP contribution in [0.4, 0.5) is 3.89 Å². The summed E-state index contributed by atoms with van der Waals surface area (Å²) in [5.74, 6) is 0. The van der Waals surface area contributed by atoms with Crippen molar-refractivity contribution < 1.29 is 12.3 Å². The molecule has 0 spiro atoms. The maximum absolute atomic E-state index is 12.1. The highest BCUT2D eigenvalue weighted by atomic mass is 32.3. The van der Waals surface area contributed by atoms with Gasteiger partial charge < -0.3 is 0 Å². The van der Waals surface area contributed by atoms with Gasteiger partial charge in [-0.2, -0.15) is 8.42 Å². The third-order valence-corrected chi connectivity index (χ3v) is 2.48. The van der Waals surface area contributed by atoms with Gasteiger partial charge in [0.05, 0.1) is 5.01 Å². The Bertz CT molecular complexity index is 329. The number of hydrogen-bond donors (Lipinski definition) is 0. The fourth-order valence-corrected chi connectivity index (χ4v) is 1.84. The van der Waals surface area contributed by atoms with E-state index in [1.807, 2.05) is 0 Å². The quantitative estimate of drug-likeness (QED) is 0.610. The molecule has 6 heteroatoms. The molecule has 0 aliphatic carbocycles. The molecule has 0 fully saturated rings. The minimum atomic E-state index is -4.58. The molecule has 0 aromatic carbocycles. The molecule has 3 nitrogen and oxygen atoms in total. The average molecular weight is 181 g/mol. The van der Waals surface area contributed by atoms with Crippen molar-refractivity contribution >= 4 is 21.6 Å². The monoisotopic (exact) mass is 181 g/mol. The molecule has 1 aromatic rings. The van der Waals surface area contributed by atoms with Gasteiger partial charge in [-0.25, -0.2) is 4.98 Å². The van der Waals surface area contributed by atoms with E-state index in [9.17, 15) is 12.3 Å². The first-order valence-corrected chi connectivity index (χ1v) is 4.63. The summed E-state index contributed by atoms with van der Waals surface area (Å²) in [5.41, 5.74) is 0. The zero-order chi connectivity index (χ0) is 7.78. The molecule has 0 N–H and O–H groups in total. The third kappa shape index (κ3) is 1.51. The van der Waals surface area contributed by atoms with Crippen LogP contribution in [0.1, 0.15) is 5.01 Å². The number of thiazole rings is 1. The Morgan fingerprint density at radius 2 is 2.30 bits per heavy atom. The number of halogens is 1. The summed E-state index contributed by atoms with van der Waals surface area (Å²) in [6, 6.07) is 0. The first-order chi connectivity index (χ1) is 4.50. The first kappa shape index (κ1) is 7.62. The molecule has 1 rings (SSSR count). The van der Waals surface area contributed by atoms with Gasteiger partial charge in [0, 0.05) is 5.38 Å². The summed E-state index contributed by atoms with van der Waals surface area (Å²) in [6.45, 7) is 1.61. The molecule has 0 saturated heterocycles. The van der Waals surface area contributed by atoms with Gasteiger partial charge in [-0.1, -0.05) is 3.89 Å². The summed E-state index contributed by atoms with van der Waals surface area (Å²) < 4.78 is 32.3. The molecular weight excluding hydrogens is 177 g/mol. The summed E-state index contributed by atoms with van der Waals surface area (Å²) in [5, 5.41) is 1.22. The molecule has 0 unspecified atom stereocenters. The van der Waals surface area contributed by atoms with Gasteiger partial charge in [0.15, 0.2) is 5.03 Å². The summed E-state index contributed by atoms with van der Waals surface area (Å²) in [6.07, 6.45) is 0. The predicted molar refractivity (Wildman–Crippen MR) is 35.1 cm³/mol. The molecule has 0 aliphatic rings. The van der Waals surface area contributed by atoms with Crippen LogP contribution in [0.5, 0.6) is 0 Å². The molecule has 0 radical (unpaired) electrons. The molecule has 0 amide bonds. The normalized spacial score (nSPS) is 11.8. The SMILES string of the molecule is Cc1nc(S(=O)(=O)F)cs1. The van der Waals surface area contributed by atoms with Crippen LogP contribution in [0.25, 0.3) is 0 Å². The standard InChI is InChI=1S/C4H4FNO2S2/c1-3-6-4(2-9-3)10(5,7)8/h2H,1H3. The first-order valence-electron chi connectivity index (χ1n) is 2.37. The van der Waals surface area contributed by atoms with Crippen LogP contribution < -0.4 is 0 Å². The lowest BCUT2D eigenvalue weighted by atomic mass is 10.8. The van der Waals surface area contributed by atoms with E-state index < -0.39 is 15.2 Å². The van der Waals surface area contributed by atoms with Crippen LogP contribution in [0.2, 0.25) is 0 Å². The molecule has 1 aromatic heterocycles. The second-order valence-electron chi connectivity index (χ2n) is 1.64. The van der Waals surface area contributed by atoms with Crippen molar-refractivity contribution in [2.45, 2.75) is 11.9 Å². The van der Waals surface area contributed by atoms with Crippen LogP contribution in [0, 0.1) is 6.92 Å². The second-order valence-corrected chi connectivity index (χ2v) is 4.00. The van der Waals surface area contributed by atoms with Crippen LogP contribution in [-0.2, 0) is 10.2 Å². The molecule has 0 aliphatic heterocycles. The highest BCUT2D eigenvalue weighted by molar-refractivity contribution is 7.86. The van der Waals surface area contributed by atoms with E-state index in [2.05, 4.69) is 4.98 Å². The zero-order valence-corrected chi connectivity index (χ0v) is 6.67. The average Bonchev–Trinajstić information content (AvgIpc) is 2.11. The van der Waals surface area contributed by atoms with Crippen LogP contribution >= 0.6 is 11.3 Å². The van der Waals surface area contributed by atoms with Gasteiger partial charge in [0.25, 0.3) is 0 Å². The van der Waals surface area contributed by atoms with Crippen molar-refractivity contribution in [3.63, 3.8) is 0 Å². The van der Waals surface area contributed by atoms with Gasteiger partial charge in [0.1, 0.15) is 0 Å². The molecule has 0 saturated carbocycles. The number of hydrogen-bond acceptors (Lipinski definition) is 4. The van der Waals surface area contributed by atoms with Gasteiger partial charge in [0.2, 0.25) is 0 Å². The van der Waals surface area contributed by atoms with Crippen molar-refractivity contribution in [3.8, 4) is 0 Å². The summed E-state index contributed by atoms with van der Waals surface area (Å²) in [7, 11) is -4.58. The highest BCUT2D eigenvalue weighted by Gasteiger charge is 2.14. The van der Waals surface area contributed by atoms with Crippen molar-refractivity contribution in [1.82, 2.24) is 4.98 Å². The maximum atomic E-state index is 12.1. The van der Waals surface area contributed by atoms with Crippen molar-refractivity contribution in [3.05, 3.63) is 10.4 Å². The lowest BCUT2D eigenvalue weighted by molar-refractivity contribution is 0.548. The largest absolute Gasteiger partial charge is 0.350 e. The molecular formula is C4H4FNO2S2. The van der Waals surface area contributed by atoms with Gasteiger partial charge in [-0.05, 0) is 6.92 Å². The van der Waals surface area contributed by atoms with E-state index in [4.69, 9.17) is 0 Å². The third-order valence-electron chi connectivity index (χ3n) is 0.848. The van der Waals surface area contributed by atoms with Crippen LogP contribution in [0.15, 0.2) is 10.4 Å². The lowest BCUT2D eigenvalue weighted by Gasteiger charge is -1.81. The molecule has 1 heterocycles. The molecule has 0 bridgehead atoms. The maximum Gasteiger partial charge on any atom is 0.350 e. The lowest BCUT2D eigenvalue weighted by Crippen LogP contribution is -1.91. The Morgan fingerprint density at radius 1 is 1.70 bits per heavy atom. The van der Waals surface area contributed by atoms with Gasteiger partial charge >= 0.3 is 10.2 Å². The van der Waals surface area contributed by atoms with Crippen molar-refractivity contribution in [2.24, 2.45) is 0 Å². The van der Waals surface area contributed by atoms with E-state index in [0.717, 1.165) is 11.3 Å². The summed E-state index contributed by atoms with van der Waals surface area (Å²) >= 11 is 1.10. The van der Waals surface area contributed by atoms with Crippen LogP contribution in [-0.4, -0.2) is 13.4 Å². The minimum absolute atomic E-state index is 0.491. The van der Waals surface area contributed by atoms with Crippen molar-refractivity contribution in [2.75, 3.05) is 0 Å². The Labute approximate surface area is 61.7 Å². The Kier molecular flexibility index (Phi) is 1.74. The summed E-state index contributed by atoms with van der Waals surface area (Å²) in [4.78, 5) is 3.44. The molecule has 56 valence electrons. The Hall–Kier alpha value is -0.490. The molecule has 10 heavy (non-hydrogen) atoms. The number of aromatic nitrogens is 1. The second kappa shape index (κ2) is 2.28. The number of rotatable bonds is 1. The number of nitrogens with zero attached hydrogens (tertiary/aromatic N) is 1. The van der Waals surface area contributed by atoms with E-state index in [1.165, 1.54) is 5.38 Å².